The van der Waals surface area contributed by atoms with Gasteiger partial charge in [-0.3, -0.25) is 14.7 Å². The molecule has 0 aliphatic carbocycles. The highest BCUT2D eigenvalue weighted by atomic mass is 79.9. The Kier molecular flexibility index (Phi) is 5.36. The van der Waals surface area contributed by atoms with E-state index < -0.39 is 0 Å². The molecular formula is C21H21BrN4O. The lowest BCUT2D eigenvalue weighted by molar-refractivity contribution is 0.0898. The van der Waals surface area contributed by atoms with Gasteiger partial charge in [0.2, 0.25) is 0 Å². The van der Waals surface area contributed by atoms with Crippen LogP contribution in [0.3, 0.4) is 0 Å². The Labute approximate surface area is 167 Å². The number of rotatable bonds is 5. The molecule has 0 radical (unpaired) electrons. The van der Waals surface area contributed by atoms with Gasteiger partial charge in [-0.25, -0.2) is 0 Å². The number of hydrogen-bond acceptors (Lipinski definition) is 3. The fourth-order valence-electron chi connectivity index (χ4n) is 3.50. The highest BCUT2D eigenvalue weighted by Crippen LogP contribution is 2.20. The molecule has 2 aromatic heterocycles. The number of benzene rings is 1. The van der Waals surface area contributed by atoms with Crippen molar-refractivity contribution < 1.29 is 4.79 Å². The monoisotopic (exact) mass is 424 g/mol. The van der Waals surface area contributed by atoms with Crippen molar-refractivity contribution in [3.05, 3.63) is 88.4 Å². The van der Waals surface area contributed by atoms with E-state index in [9.17, 15) is 4.79 Å². The minimum Gasteiger partial charge on any atom is -0.350 e. The Morgan fingerprint density at radius 1 is 1.19 bits per heavy atom. The molecule has 0 saturated heterocycles. The molecular weight excluding hydrogens is 404 g/mol. The van der Waals surface area contributed by atoms with Gasteiger partial charge in [-0.15, -0.1) is 0 Å². The summed E-state index contributed by atoms with van der Waals surface area (Å²) < 4.78 is 3.08. The average molecular weight is 425 g/mol. The third-order valence-electron chi connectivity index (χ3n) is 4.91. The maximum atomic E-state index is 12.5. The van der Waals surface area contributed by atoms with Crippen LogP contribution < -0.4 is 5.32 Å². The van der Waals surface area contributed by atoms with E-state index in [1.54, 1.807) is 18.5 Å². The molecule has 0 saturated carbocycles. The Bertz CT molecular complexity index is 925. The van der Waals surface area contributed by atoms with Crippen LogP contribution in [0.25, 0.3) is 0 Å². The first-order valence-corrected chi connectivity index (χ1v) is 9.79. The molecule has 1 aliphatic rings. The summed E-state index contributed by atoms with van der Waals surface area (Å²) in [5, 5.41) is 3.08. The molecule has 6 heteroatoms. The Balaban J connectivity index is 1.47. The number of nitrogens with one attached hydrogen (secondary N) is 1. The van der Waals surface area contributed by atoms with Gasteiger partial charge in [-0.05, 0) is 39.7 Å². The summed E-state index contributed by atoms with van der Waals surface area (Å²) in [7, 11) is 0. The molecule has 1 aromatic carbocycles. The zero-order valence-electron chi connectivity index (χ0n) is 14.9. The first-order valence-electron chi connectivity index (χ1n) is 9.00. The molecule has 0 fully saturated rings. The number of fused-ring (bicyclic) bond motifs is 1. The van der Waals surface area contributed by atoms with Gasteiger partial charge in [0.1, 0.15) is 0 Å². The molecule has 1 unspecified atom stereocenters. The summed E-state index contributed by atoms with van der Waals surface area (Å²) in [6, 6.07) is 16.7. The second-order valence-corrected chi connectivity index (χ2v) is 7.71. The summed E-state index contributed by atoms with van der Waals surface area (Å²) in [4.78, 5) is 19.0. The van der Waals surface area contributed by atoms with Gasteiger partial charge in [-0.2, -0.15) is 0 Å². The molecule has 138 valence electrons. The maximum Gasteiger partial charge on any atom is 0.252 e. The van der Waals surface area contributed by atoms with Crippen molar-refractivity contribution in [3.63, 3.8) is 0 Å². The number of carbonyl (C=O) groups is 1. The van der Waals surface area contributed by atoms with Crippen LogP contribution in [-0.2, 0) is 19.6 Å². The van der Waals surface area contributed by atoms with Crippen LogP contribution in [0.15, 0.2) is 71.6 Å². The number of hydrogen-bond donors (Lipinski definition) is 1. The van der Waals surface area contributed by atoms with E-state index in [1.807, 2.05) is 6.07 Å². The van der Waals surface area contributed by atoms with Crippen molar-refractivity contribution in [2.75, 3.05) is 6.54 Å². The maximum absolute atomic E-state index is 12.5. The van der Waals surface area contributed by atoms with E-state index in [1.165, 1.54) is 11.3 Å². The molecule has 1 atom stereocenters. The highest BCUT2D eigenvalue weighted by Gasteiger charge is 2.26. The predicted octanol–water partition coefficient (Wildman–Crippen LogP) is 3.46. The van der Waals surface area contributed by atoms with Crippen LogP contribution in [-0.4, -0.2) is 32.9 Å². The lowest BCUT2D eigenvalue weighted by Gasteiger charge is -2.37. The van der Waals surface area contributed by atoms with Crippen LogP contribution in [0, 0.1) is 0 Å². The van der Waals surface area contributed by atoms with Gasteiger partial charge in [0, 0.05) is 61.0 Å². The topological polar surface area (TPSA) is 50.2 Å². The van der Waals surface area contributed by atoms with Crippen LogP contribution in [0.5, 0.6) is 0 Å². The lowest BCUT2D eigenvalue weighted by atomic mass is 10.1. The van der Waals surface area contributed by atoms with Crippen LogP contribution in [0.2, 0.25) is 0 Å². The van der Waals surface area contributed by atoms with Crippen molar-refractivity contribution in [1.82, 2.24) is 19.8 Å². The second-order valence-electron chi connectivity index (χ2n) is 6.80. The van der Waals surface area contributed by atoms with Gasteiger partial charge in [-0.1, -0.05) is 30.3 Å². The first kappa shape index (κ1) is 17.9. The number of nitrogens with zero attached hydrogens (tertiary/aromatic N) is 3. The van der Waals surface area contributed by atoms with Crippen molar-refractivity contribution in [2.45, 2.75) is 25.7 Å². The third kappa shape index (κ3) is 4.28. The fraction of sp³-hybridized carbons (Fsp3) is 0.238. The third-order valence-corrected chi connectivity index (χ3v) is 5.34. The first-order chi connectivity index (χ1) is 13.2. The van der Waals surface area contributed by atoms with Gasteiger partial charge in [0.25, 0.3) is 5.91 Å². The molecule has 3 aromatic rings. The van der Waals surface area contributed by atoms with E-state index in [2.05, 4.69) is 78.3 Å². The Morgan fingerprint density at radius 3 is 2.85 bits per heavy atom. The second kappa shape index (κ2) is 8.06. The standard InChI is InChI=1S/C21H21BrN4O/c22-18-9-17(10-23-11-18)21(27)24-12-20-15-25-8-4-7-19(25)14-26(20)13-16-5-2-1-3-6-16/h1-11,20H,12-15H2,(H,24,27). The number of halogens is 1. The molecule has 1 amide bonds. The van der Waals surface area contributed by atoms with Crippen molar-refractivity contribution in [2.24, 2.45) is 0 Å². The summed E-state index contributed by atoms with van der Waals surface area (Å²) in [5.74, 6) is -0.0956. The van der Waals surface area contributed by atoms with Gasteiger partial charge >= 0.3 is 0 Å². The average Bonchev–Trinajstić information content (AvgIpc) is 3.14. The van der Waals surface area contributed by atoms with Gasteiger partial charge < -0.3 is 9.88 Å². The van der Waals surface area contributed by atoms with E-state index in [0.717, 1.165) is 24.1 Å². The Hall–Kier alpha value is -2.44. The smallest absolute Gasteiger partial charge is 0.252 e. The highest BCUT2D eigenvalue weighted by molar-refractivity contribution is 9.10. The summed E-state index contributed by atoms with van der Waals surface area (Å²) >= 11 is 3.36. The minimum atomic E-state index is -0.0956. The SMILES string of the molecule is O=C(NCC1Cn2cccc2CN1Cc1ccccc1)c1cncc(Br)c1. The van der Waals surface area contributed by atoms with Crippen molar-refractivity contribution in [1.29, 1.82) is 0 Å². The van der Waals surface area contributed by atoms with Crippen LogP contribution >= 0.6 is 15.9 Å². The molecule has 27 heavy (non-hydrogen) atoms. The van der Waals surface area contributed by atoms with E-state index in [4.69, 9.17) is 0 Å². The lowest BCUT2D eigenvalue weighted by Crippen LogP contribution is -2.48. The zero-order chi connectivity index (χ0) is 18.6. The van der Waals surface area contributed by atoms with E-state index in [-0.39, 0.29) is 11.9 Å². The molecule has 1 aliphatic heterocycles. The van der Waals surface area contributed by atoms with Crippen molar-refractivity contribution >= 4 is 21.8 Å². The quantitative estimate of drug-likeness (QED) is 0.681. The molecule has 5 nitrogen and oxygen atoms in total. The Morgan fingerprint density at radius 2 is 2.04 bits per heavy atom. The molecule has 3 heterocycles. The number of aromatic nitrogens is 2. The van der Waals surface area contributed by atoms with Crippen LogP contribution in [0.1, 0.15) is 21.6 Å². The van der Waals surface area contributed by atoms with Crippen molar-refractivity contribution in [3.8, 4) is 0 Å². The number of pyridine rings is 1. The molecule has 0 spiro atoms. The van der Waals surface area contributed by atoms with E-state index >= 15 is 0 Å². The summed E-state index contributed by atoms with van der Waals surface area (Å²) in [5.41, 5.74) is 3.16. The normalized spacial score (nSPS) is 16.7. The number of carbonyl (C=O) groups excluding carboxylic acids is 1. The van der Waals surface area contributed by atoms with Gasteiger partial charge in [0.15, 0.2) is 0 Å². The van der Waals surface area contributed by atoms with Crippen LogP contribution in [0.4, 0.5) is 0 Å². The fourth-order valence-corrected chi connectivity index (χ4v) is 3.86. The molecule has 4 rings (SSSR count). The number of amides is 1. The molecule has 1 N–H and O–H groups in total. The predicted molar refractivity (Wildman–Crippen MR) is 108 cm³/mol. The minimum absolute atomic E-state index is 0.0956. The summed E-state index contributed by atoms with van der Waals surface area (Å²) in [6.07, 6.45) is 5.38. The zero-order valence-corrected chi connectivity index (χ0v) is 16.5. The van der Waals surface area contributed by atoms with E-state index in [0.29, 0.717) is 12.1 Å². The summed E-state index contributed by atoms with van der Waals surface area (Å²) in [6.45, 7) is 3.20. The van der Waals surface area contributed by atoms with Gasteiger partial charge in [0.05, 0.1) is 5.56 Å². The molecule has 0 bridgehead atoms. The largest absolute Gasteiger partial charge is 0.350 e.